The van der Waals surface area contributed by atoms with E-state index in [0.29, 0.717) is 17.3 Å². The maximum atomic E-state index is 12.2. The molecule has 0 aromatic heterocycles. The summed E-state index contributed by atoms with van der Waals surface area (Å²) in [5.41, 5.74) is 3.10. The Hall–Kier alpha value is -2.60. The molecule has 2 unspecified atom stereocenters. The van der Waals surface area contributed by atoms with Gasteiger partial charge in [0.15, 0.2) is 10.8 Å². The Morgan fingerprint density at radius 1 is 1.32 bits per heavy atom. The van der Waals surface area contributed by atoms with Crippen LogP contribution in [-0.2, 0) is 11.2 Å². The number of hydrogen-bond acceptors (Lipinski definition) is 4. The number of rotatable bonds is 4. The van der Waals surface area contributed by atoms with E-state index in [0.717, 1.165) is 29.8 Å². The highest BCUT2D eigenvalue weighted by Crippen LogP contribution is 2.46. The smallest absolute Gasteiger partial charge is 0.338 e. The number of hydrogen-bond donors (Lipinski definition) is 1. The summed E-state index contributed by atoms with van der Waals surface area (Å²) in [6, 6.07) is 13.8. The normalized spacial score (nSPS) is 22.8. The van der Waals surface area contributed by atoms with Crippen molar-refractivity contribution in [3.63, 3.8) is 0 Å². The third kappa shape index (κ3) is 3.11. The molecule has 0 aliphatic carbocycles. The summed E-state index contributed by atoms with van der Waals surface area (Å²) < 4.78 is 11.6. The molecule has 2 aromatic rings. The number of carbonyl (C=O) groups is 1. The van der Waals surface area contributed by atoms with E-state index in [1.165, 1.54) is 5.56 Å². The monoisotopic (exact) mass is 396 g/mol. The molecule has 1 fully saturated rings. The van der Waals surface area contributed by atoms with Gasteiger partial charge in [0.1, 0.15) is 5.75 Å². The summed E-state index contributed by atoms with van der Waals surface area (Å²) in [5, 5.41) is 4.05. The molecule has 146 valence electrons. The fourth-order valence-corrected chi connectivity index (χ4v) is 4.46. The Kier molecular flexibility index (Phi) is 4.75. The van der Waals surface area contributed by atoms with E-state index in [1.54, 1.807) is 19.1 Å². The molecule has 6 heteroatoms. The van der Waals surface area contributed by atoms with Gasteiger partial charge in [-0.25, -0.2) is 4.79 Å². The number of aryl methyl sites for hydroxylation is 1. The van der Waals surface area contributed by atoms with Crippen molar-refractivity contribution in [2.24, 2.45) is 0 Å². The molecule has 2 atom stereocenters. The van der Waals surface area contributed by atoms with Crippen molar-refractivity contribution in [2.75, 3.05) is 11.5 Å². The van der Waals surface area contributed by atoms with Crippen LogP contribution in [0.4, 0.5) is 5.69 Å². The van der Waals surface area contributed by atoms with Crippen LogP contribution in [0.15, 0.2) is 42.5 Å². The number of thiocarbonyl (C=S) groups is 1. The highest BCUT2D eigenvalue weighted by molar-refractivity contribution is 7.80. The van der Waals surface area contributed by atoms with Gasteiger partial charge >= 0.3 is 5.97 Å². The van der Waals surface area contributed by atoms with E-state index >= 15 is 0 Å². The second kappa shape index (κ2) is 7.09. The number of carbonyl (C=O) groups excluding carboxylic acids is 1. The van der Waals surface area contributed by atoms with Crippen LogP contribution in [0.1, 0.15) is 54.7 Å². The number of esters is 1. The van der Waals surface area contributed by atoms with Crippen molar-refractivity contribution in [3.05, 3.63) is 59.2 Å². The van der Waals surface area contributed by atoms with Crippen LogP contribution in [0.3, 0.4) is 0 Å². The molecule has 5 nitrogen and oxygen atoms in total. The number of nitrogens with one attached hydrogen (secondary N) is 1. The van der Waals surface area contributed by atoms with Crippen LogP contribution in [-0.4, -0.2) is 23.4 Å². The van der Waals surface area contributed by atoms with Crippen LogP contribution >= 0.6 is 12.2 Å². The van der Waals surface area contributed by atoms with Gasteiger partial charge in [-0.3, -0.25) is 4.90 Å². The number of anilines is 1. The quantitative estimate of drug-likeness (QED) is 0.612. The molecule has 1 N–H and O–H groups in total. The summed E-state index contributed by atoms with van der Waals surface area (Å²) in [7, 11) is 0. The second-order valence-corrected chi connectivity index (χ2v) is 7.70. The third-order valence-electron chi connectivity index (χ3n) is 5.36. The Labute approximate surface area is 170 Å². The van der Waals surface area contributed by atoms with Gasteiger partial charge in [0.05, 0.1) is 18.2 Å². The summed E-state index contributed by atoms with van der Waals surface area (Å²) >= 11 is 5.70. The highest BCUT2D eigenvalue weighted by Gasteiger charge is 2.48. The SMILES string of the molecule is CCOC(=O)c1cccc(N2C(=S)NC3CC2(C)Oc2ccc(CC)cc23)c1. The van der Waals surface area contributed by atoms with E-state index in [9.17, 15) is 4.79 Å². The largest absolute Gasteiger partial charge is 0.467 e. The zero-order chi connectivity index (χ0) is 19.9. The predicted octanol–water partition coefficient (Wildman–Crippen LogP) is 4.36. The van der Waals surface area contributed by atoms with E-state index in [-0.39, 0.29) is 12.0 Å². The molecule has 28 heavy (non-hydrogen) atoms. The first-order valence-electron chi connectivity index (χ1n) is 9.65. The summed E-state index contributed by atoms with van der Waals surface area (Å²) in [4.78, 5) is 14.1. The first-order valence-corrected chi connectivity index (χ1v) is 10.1. The Morgan fingerprint density at radius 3 is 2.89 bits per heavy atom. The number of ether oxygens (including phenoxy) is 2. The molecule has 2 heterocycles. The minimum atomic E-state index is -0.638. The van der Waals surface area contributed by atoms with Gasteiger partial charge in [-0.2, -0.15) is 0 Å². The van der Waals surface area contributed by atoms with Crippen molar-refractivity contribution in [3.8, 4) is 5.75 Å². The van der Waals surface area contributed by atoms with Crippen LogP contribution in [0, 0.1) is 0 Å². The molecule has 2 bridgehead atoms. The molecular formula is C22H24N2O3S. The maximum Gasteiger partial charge on any atom is 0.338 e. The van der Waals surface area contributed by atoms with Crippen LogP contribution in [0.5, 0.6) is 5.75 Å². The van der Waals surface area contributed by atoms with Gasteiger partial charge in [-0.1, -0.05) is 25.1 Å². The van der Waals surface area contributed by atoms with Gasteiger partial charge in [-0.15, -0.1) is 0 Å². The first-order chi connectivity index (χ1) is 13.4. The fourth-order valence-electron chi connectivity index (χ4n) is 4.02. The molecule has 2 aliphatic rings. The first kappa shape index (κ1) is 18.7. The lowest BCUT2D eigenvalue weighted by molar-refractivity contribution is 0.0490. The standard InChI is InChI=1S/C22H24N2O3S/c1-4-14-9-10-19-17(11-14)18-13-22(3,27-19)24(21(28)23-18)16-8-6-7-15(12-16)20(25)26-5-2/h6-12,18H,4-5,13H2,1-3H3,(H,23,28). The molecule has 0 radical (unpaired) electrons. The molecule has 0 amide bonds. The number of fused-ring (bicyclic) bond motifs is 4. The van der Waals surface area contributed by atoms with Crippen molar-refractivity contribution in [1.82, 2.24) is 5.32 Å². The third-order valence-corrected chi connectivity index (χ3v) is 5.66. The Morgan fingerprint density at radius 2 is 2.14 bits per heavy atom. The van der Waals surface area contributed by atoms with Gasteiger partial charge < -0.3 is 14.8 Å². The van der Waals surface area contributed by atoms with E-state index in [1.807, 2.05) is 30.0 Å². The molecule has 1 saturated heterocycles. The zero-order valence-corrected chi connectivity index (χ0v) is 17.1. The molecule has 0 saturated carbocycles. The minimum Gasteiger partial charge on any atom is -0.467 e. The Balaban J connectivity index is 1.72. The van der Waals surface area contributed by atoms with E-state index in [4.69, 9.17) is 21.7 Å². The average molecular weight is 397 g/mol. The zero-order valence-electron chi connectivity index (χ0n) is 16.3. The molecular weight excluding hydrogens is 372 g/mol. The van der Waals surface area contributed by atoms with Crippen molar-refractivity contribution in [2.45, 2.75) is 45.4 Å². The van der Waals surface area contributed by atoms with Crippen molar-refractivity contribution in [1.29, 1.82) is 0 Å². The maximum absolute atomic E-state index is 12.2. The summed E-state index contributed by atoms with van der Waals surface area (Å²) in [6.07, 6.45) is 1.73. The highest BCUT2D eigenvalue weighted by atomic mass is 32.1. The number of benzene rings is 2. The van der Waals surface area contributed by atoms with Gasteiger partial charge in [0, 0.05) is 17.7 Å². The van der Waals surface area contributed by atoms with Crippen molar-refractivity contribution < 1.29 is 14.3 Å². The number of nitrogens with zero attached hydrogens (tertiary/aromatic N) is 1. The average Bonchev–Trinajstić information content (AvgIpc) is 2.67. The topological polar surface area (TPSA) is 50.8 Å². The lowest BCUT2D eigenvalue weighted by Gasteiger charge is -2.52. The van der Waals surface area contributed by atoms with Crippen LogP contribution < -0.4 is 15.0 Å². The summed E-state index contributed by atoms with van der Waals surface area (Å²) in [5.74, 6) is 0.530. The lowest BCUT2D eigenvalue weighted by Crippen LogP contribution is -2.65. The van der Waals surface area contributed by atoms with Crippen molar-refractivity contribution >= 4 is 29.0 Å². The minimum absolute atomic E-state index is 0.109. The summed E-state index contributed by atoms with van der Waals surface area (Å²) in [6.45, 7) is 6.32. The lowest BCUT2D eigenvalue weighted by atomic mass is 9.89. The van der Waals surface area contributed by atoms with Crippen LogP contribution in [0.25, 0.3) is 0 Å². The fraction of sp³-hybridized carbons (Fsp3) is 0.364. The molecule has 4 rings (SSSR count). The van der Waals surface area contributed by atoms with E-state index < -0.39 is 5.72 Å². The van der Waals surface area contributed by atoms with Gasteiger partial charge in [0.2, 0.25) is 0 Å². The van der Waals surface area contributed by atoms with Gasteiger partial charge in [0.25, 0.3) is 0 Å². The van der Waals surface area contributed by atoms with E-state index in [2.05, 4.69) is 24.4 Å². The molecule has 2 aromatic carbocycles. The Bertz CT molecular complexity index is 945. The second-order valence-electron chi connectivity index (χ2n) is 7.32. The van der Waals surface area contributed by atoms with Crippen LogP contribution in [0.2, 0.25) is 0 Å². The predicted molar refractivity (Wildman–Crippen MR) is 113 cm³/mol. The molecule has 0 spiro atoms. The molecule has 2 aliphatic heterocycles. The van der Waals surface area contributed by atoms with Gasteiger partial charge in [-0.05, 0) is 62.3 Å².